The Morgan fingerprint density at radius 3 is 2.86 bits per heavy atom. The summed E-state index contributed by atoms with van der Waals surface area (Å²) in [7, 11) is 0. The van der Waals surface area contributed by atoms with Crippen LogP contribution in [-0.4, -0.2) is 53.2 Å². The highest BCUT2D eigenvalue weighted by Crippen LogP contribution is 2.70. The summed E-state index contributed by atoms with van der Waals surface area (Å²) in [4.78, 5) is 12.3. The molecule has 0 aliphatic heterocycles. The molecule has 2 unspecified atom stereocenters. The Hall–Kier alpha value is -1.77. The molecule has 2 aromatic rings. The van der Waals surface area contributed by atoms with Crippen LogP contribution in [0.3, 0.4) is 0 Å². The summed E-state index contributed by atoms with van der Waals surface area (Å²) >= 11 is 0. The highest BCUT2D eigenvalue weighted by Gasteiger charge is 2.75. The van der Waals surface area contributed by atoms with Gasteiger partial charge in [0.25, 0.3) is 0 Å². The number of imidazole rings is 1. The molecule has 8 nitrogen and oxygen atoms in total. The zero-order chi connectivity index (χ0) is 15.0. The zero-order valence-electron chi connectivity index (χ0n) is 11.5. The predicted octanol–water partition coefficient (Wildman–Crippen LogP) is -0.926. The van der Waals surface area contributed by atoms with Crippen molar-refractivity contribution in [2.24, 2.45) is 11.3 Å². The Labute approximate surface area is 120 Å². The second-order valence-corrected chi connectivity index (χ2v) is 6.36. The van der Waals surface area contributed by atoms with Gasteiger partial charge in [-0.3, -0.25) is 0 Å². The van der Waals surface area contributed by atoms with E-state index in [0.717, 1.165) is 0 Å². The van der Waals surface area contributed by atoms with Crippen LogP contribution in [0.1, 0.15) is 19.4 Å². The van der Waals surface area contributed by atoms with Crippen molar-refractivity contribution in [3.8, 4) is 0 Å². The fraction of sp³-hybridized carbons (Fsp3) is 0.615. The molecule has 21 heavy (non-hydrogen) atoms. The van der Waals surface area contributed by atoms with Gasteiger partial charge in [0.1, 0.15) is 17.4 Å². The average molecular weight is 291 g/mol. The largest absolute Gasteiger partial charge is 0.396 e. The first-order valence-electron chi connectivity index (χ1n) is 6.88. The lowest BCUT2D eigenvalue weighted by atomic mass is 9.89. The quantitative estimate of drug-likeness (QED) is 0.562. The highest BCUT2D eigenvalue weighted by molar-refractivity contribution is 5.81. The van der Waals surface area contributed by atoms with E-state index in [1.54, 1.807) is 17.8 Å². The van der Waals surface area contributed by atoms with Gasteiger partial charge in [0.15, 0.2) is 11.5 Å². The summed E-state index contributed by atoms with van der Waals surface area (Å²) in [6.07, 6.45) is 2.60. The van der Waals surface area contributed by atoms with Gasteiger partial charge in [-0.2, -0.15) is 0 Å². The number of nitrogens with two attached hydrogens (primary N) is 1. The summed E-state index contributed by atoms with van der Waals surface area (Å²) in [5.41, 5.74) is 4.80. The lowest BCUT2D eigenvalue weighted by Crippen LogP contribution is -2.46. The number of aromatic nitrogens is 4. The van der Waals surface area contributed by atoms with E-state index >= 15 is 0 Å². The molecule has 0 aromatic carbocycles. The standard InChI is InChI=1S/C13H17N5O3/c1-12(21)8(6-2-13(6,3-19)11(12)20)18-5-17-7-9(14)15-4-16-10(7)18/h4-6,8,11,19-21H,2-3H2,1H3,(H2,14,15,16)/t6?,8-,11?,12+,13+/m1/s1. The SMILES string of the molecule is C[C@@]1(O)C(O)[C@]2(CO)CC2[C@H]1n1cnc2c(N)ncnc21. The maximum atomic E-state index is 10.7. The van der Waals surface area contributed by atoms with Gasteiger partial charge >= 0.3 is 0 Å². The number of aliphatic hydroxyl groups is 3. The summed E-state index contributed by atoms with van der Waals surface area (Å²) < 4.78 is 1.74. The van der Waals surface area contributed by atoms with Gasteiger partial charge < -0.3 is 25.6 Å². The van der Waals surface area contributed by atoms with Gasteiger partial charge in [-0.15, -0.1) is 0 Å². The van der Waals surface area contributed by atoms with Crippen molar-refractivity contribution < 1.29 is 15.3 Å². The van der Waals surface area contributed by atoms with Crippen molar-refractivity contribution in [2.75, 3.05) is 12.3 Å². The van der Waals surface area contributed by atoms with Crippen LogP contribution in [0.5, 0.6) is 0 Å². The van der Waals surface area contributed by atoms with Gasteiger partial charge in [-0.25, -0.2) is 15.0 Å². The predicted molar refractivity (Wildman–Crippen MR) is 73.0 cm³/mol. The van der Waals surface area contributed by atoms with Crippen LogP contribution in [0.4, 0.5) is 5.82 Å². The molecule has 0 saturated heterocycles. The average Bonchev–Trinajstić information content (AvgIpc) is 2.96. The first-order chi connectivity index (χ1) is 9.93. The van der Waals surface area contributed by atoms with Crippen LogP contribution in [0.2, 0.25) is 0 Å². The molecule has 8 heteroatoms. The number of fused-ring (bicyclic) bond motifs is 2. The smallest absolute Gasteiger partial charge is 0.165 e. The van der Waals surface area contributed by atoms with Crippen LogP contribution >= 0.6 is 0 Å². The molecule has 2 aliphatic carbocycles. The molecule has 0 spiro atoms. The Morgan fingerprint density at radius 2 is 2.19 bits per heavy atom. The molecule has 0 bridgehead atoms. The molecule has 2 saturated carbocycles. The van der Waals surface area contributed by atoms with Crippen molar-refractivity contribution >= 4 is 17.0 Å². The highest BCUT2D eigenvalue weighted by atomic mass is 16.3. The van der Waals surface area contributed by atoms with Crippen molar-refractivity contribution in [3.63, 3.8) is 0 Å². The molecule has 5 atom stereocenters. The summed E-state index contributed by atoms with van der Waals surface area (Å²) in [5.74, 6) is 0.266. The Morgan fingerprint density at radius 1 is 1.43 bits per heavy atom. The van der Waals surface area contributed by atoms with Crippen LogP contribution in [0.25, 0.3) is 11.2 Å². The molecule has 0 amide bonds. The summed E-state index contributed by atoms with van der Waals surface area (Å²) in [6.45, 7) is 1.44. The van der Waals surface area contributed by atoms with Gasteiger partial charge in [-0.1, -0.05) is 0 Å². The fourth-order valence-electron chi connectivity index (χ4n) is 4.06. The monoisotopic (exact) mass is 291 g/mol. The number of hydrogen-bond donors (Lipinski definition) is 4. The Bertz CT molecular complexity index is 730. The van der Waals surface area contributed by atoms with E-state index in [0.29, 0.717) is 17.6 Å². The second kappa shape index (κ2) is 3.70. The molecule has 4 rings (SSSR count). The van der Waals surface area contributed by atoms with Crippen molar-refractivity contribution in [1.29, 1.82) is 0 Å². The van der Waals surface area contributed by atoms with Crippen molar-refractivity contribution in [2.45, 2.75) is 31.1 Å². The minimum absolute atomic E-state index is 0.0129. The van der Waals surface area contributed by atoms with Gasteiger partial charge in [0.05, 0.1) is 25.1 Å². The molecule has 2 aliphatic rings. The molecule has 112 valence electrons. The number of anilines is 1. The zero-order valence-corrected chi connectivity index (χ0v) is 11.5. The second-order valence-electron chi connectivity index (χ2n) is 6.36. The van der Waals surface area contributed by atoms with Gasteiger partial charge in [0, 0.05) is 5.41 Å². The number of aliphatic hydroxyl groups excluding tert-OH is 2. The van der Waals surface area contributed by atoms with E-state index in [2.05, 4.69) is 15.0 Å². The lowest BCUT2D eigenvalue weighted by Gasteiger charge is -2.34. The van der Waals surface area contributed by atoms with Crippen LogP contribution in [0.15, 0.2) is 12.7 Å². The molecule has 0 radical (unpaired) electrons. The first-order valence-corrected chi connectivity index (χ1v) is 6.88. The van der Waals surface area contributed by atoms with E-state index in [1.807, 2.05) is 0 Å². The number of nitrogen functional groups attached to an aromatic ring is 1. The maximum absolute atomic E-state index is 10.7. The van der Waals surface area contributed by atoms with E-state index in [-0.39, 0.29) is 18.3 Å². The Balaban J connectivity index is 1.88. The third-order valence-electron chi connectivity index (χ3n) is 5.24. The lowest BCUT2D eigenvalue weighted by molar-refractivity contribution is -0.0997. The van der Waals surface area contributed by atoms with E-state index in [1.165, 1.54) is 6.33 Å². The number of nitrogens with zero attached hydrogens (tertiary/aromatic N) is 4. The summed E-state index contributed by atoms with van der Waals surface area (Å²) in [6, 6.07) is -0.404. The molecule has 5 N–H and O–H groups in total. The van der Waals surface area contributed by atoms with E-state index in [4.69, 9.17) is 5.73 Å². The van der Waals surface area contributed by atoms with Crippen LogP contribution in [0, 0.1) is 11.3 Å². The first kappa shape index (κ1) is 12.9. The van der Waals surface area contributed by atoms with Gasteiger partial charge in [0.2, 0.25) is 0 Å². The topological polar surface area (TPSA) is 130 Å². The fourth-order valence-corrected chi connectivity index (χ4v) is 4.06. The normalized spacial score (nSPS) is 41.4. The third-order valence-corrected chi connectivity index (χ3v) is 5.24. The molecule has 2 fully saturated rings. The molecule has 2 heterocycles. The number of rotatable bonds is 2. The molecule has 2 aromatic heterocycles. The van der Waals surface area contributed by atoms with E-state index < -0.39 is 23.2 Å². The van der Waals surface area contributed by atoms with Crippen molar-refractivity contribution in [1.82, 2.24) is 19.5 Å². The third kappa shape index (κ3) is 1.37. The maximum Gasteiger partial charge on any atom is 0.165 e. The van der Waals surface area contributed by atoms with Crippen molar-refractivity contribution in [3.05, 3.63) is 12.7 Å². The molecular formula is C13H17N5O3. The minimum atomic E-state index is -1.36. The van der Waals surface area contributed by atoms with Crippen LogP contribution < -0.4 is 5.73 Å². The molecular weight excluding hydrogens is 274 g/mol. The van der Waals surface area contributed by atoms with Crippen LogP contribution in [-0.2, 0) is 0 Å². The van der Waals surface area contributed by atoms with E-state index in [9.17, 15) is 15.3 Å². The Kier molecular flexibility index (Phi) is 2.28. The van der Waals surface area contributed by atoms with Gasteiger partial charge in [-0.05, 0) is 19.3 Å². The number of hydrogen-bond acceptors (Lipinski definition) is 7. The minimum Gasteiger partial charge on any atom is -0.396 e. The summed E-state index contributed by atoms with van der Waals surface area (Å²) in [5, 5.41) is 30.7.